The highest BCUT2D eigenvalue weighted by Crippen LogP contribution is 2.39. The number of cyclic esters (lactones) is 1. The van der Waals surface area contributed by atoms with Gasteiger partial charge in [-0.15, -0.1) is 0 Å². The molecule has 0 spiro atoms. The second-order valence-electron chi connectivity index (χ2n) is 9.24. The molecule has 1 aliphatic rings. The zero-order valence-electron chi connectivity index (χ0n) is 21.2. The molecule has 2 aromatic rings. The smallest absolute Gasteiger partial charge is 0.411 e. The quantitative estimate of drug-likeness (QED) is 0.506. The van der Waals surface area contributed by atoms with Crippen LogP contribution in [0, 0.1) is 0 Å². The summed E-state index contributed by atoms with van der Waals surface area (Å²) in [6.45, 7) is 10.6. The first-order chi connectivity index (χ1) is 16.7. The summed E-state index contributed by atoms with van der Waals surface area (Å²) in [6.07, 6.45) is 5.32. The topological polar surface area (TPSA) is 71.8 Å². The van der Waals surface area contributed by atoms with Gasteiger partial charge < -0.3 is 19.3 Å². The van der Waals surface area contributed by atoms with E-state index in [0.717, 1.165) is 28.0 Å². The maximum atomic E-state index is 13.3. The Hall–Kier alpha value is -3.38. The maximum absolute atomic E-state index is 13.3. The third-order valence-corrected chi connectivity index (χ3v) is 6.82. The van der Waals surface area contributed by atoms with Crippen molar-refractivity contribution in [3.63, 3.8) is 0 Å². The predicted molar refractivity (Wildman–Crippen MR) is 140 cm³/mol. The zero-order chi connectivity index (χ0) is 25.6. The second-order valence-corrected chi connectivity index (χ2v) is 9.24. The molecule has 35 heavy (non-hydrogen) atoms. The zero-order valence-corrected chi connectivity index (χ0v) is 21.2. The molecule has 1 fully saturated rings. The van der Waals surface area contributed by atoms with E-state index in [-0.39, 0.29) is 24.3 Å². The molecule has 2 atom stereocenters. The lowest BCUT2D eigenvalue weighted by Crippen LogP contribution is -2.51. The first kappa shape index (κ1) is 26.2. The molecule has 0 saturated carbocycles. The van der Waals surface area contributed by atoms with Gasteiger partial charge in [-0.25, -0.2) is 4.79 Å². The van der Waals surface area contributed by atoms with E-state index in [2.05, 4.69) is 6.58 Å². The molecular formula is C29H36N2O4. The molecule has 1 aromatic heterocycles. The molecule has 0 radical (unpaired) electrons. The summed E-state index contributed by atoms with van der Waals surface area (Å²) in [7, 11) is 1.75. The number of allylic oxidation sites excluding steroid dienone is 3. The van der Waals surface area contributed by atoms with Crippen LogP contribution in [-0.4, -0.2) is 39.9 Å². The Kier molecular flexibility index (Phi) is 8.52. The summed E-state index contributed by atoms with van der Waals surface area (Å²) in [5, 5.41) is 9.42. The first-order valence-corrected chi connectivity index (χ1v) is 12.1. The number of ether oxygens (including phenoxy) is 1. The molecule has 1 amide bonds. The molecule has 186 valence electrons. The van der Waals surface area contributed by atoms with E-state index in [9.17, 15) is 14.7 Å². The fraction of sp³-hybridized carbons (Fsp3) is 0.379. The van der Waals surface area contributed by atoms with E-state index in [1.54, 1.807) is 22.6 Å². The van der Waals surface area contributed by atoms with Crippen molar-refractivity contribution in [3.05, 3.63) is 100 Å². The molecule has 2 heterocycles. The summed E-state index contributed by atoms with van der Waals surface area (Å²) in [5.41, 5.74) is 3.70. The number of nitrogens with zero attached hydrogens (tertiary/aromatic N) is 2. The monoisotopic (exact) mass is 476 g/mol. The van der Waals surface area contributed by atoms with Gasteiger partial charge in [0.05, 0.1) is 6.04 Å². The van der Waals surface area contributed by atoms with E-state index < -0.39 is 5.60 Å². The number of hydrogen-bond donors (Lipinski definition) is 1. The van der Waals surface area contributed by atoms with E-state index in [4.69, 9.17) is 4.74 Å². The third kappa shape index (κ3) is 5.82. The number of amides is 1. The van der Waals surface area contributed by atoms with Crippen LogP contribution in [0.25, 0.3) is 5.57 Å². The summed E-state index contributed by atoms with van der Waals surface area (Å²) in [4.78, 5) is 27.0. The number of benzene rings is 1. The van der Waals surface area contributed by atoms with Crippen LogP contribution in [0.3, 0.4) is 0 Å². The highest BCUT2D eigenvalue weighted by Gasteiger charge is 2.43. The lowest BCUT2D eigenvalue weighted by atomic mass is 9.84. The van der Waals surface area contributed by atoms with Crippen LogP contribution in [0.5, 0.6) is 0 Å². The van der Waals surface area contributed by atoms with Crippen molar-refractivity contribution >= 4 is 11.7 Å². The number of aromatic nitrogens is 1. The van der Waals surface area contributed by atoms with Crippen LogP contribution in [-0.2, 0) is 17.4 Å². The predicted octanol–water partition coefficient (Wildman–Crippen LogP) is 5.19. The van der Waals surface area contributed by atoms with Crippen LogP contribution in [0.4, 0.5) is 4.79 Å². The first-order valence-electron chi connectivity index (χ1n) is 12.1. The minimum Gasteiger partial charge on any atom is -0.438 e. The second kappa shape index (κ2) is 11.4. The van der Waals surface area contributed by atoms with Crippen LogP contribution in [0.15, 0.2) is 83.2 Å². The summed E-state index contributed by atoms with van der Waals surface area (Å²) >= 11 is 0. The van der Waals surface area contributed by atoms with E-state index in [0.29, 0.717) is 25.8 Å². The van der Waals surface area contributed by atoms with E-state index in [1.807, 2.05) is 69.3 Å². The van der Waals surface area contributed by atoms with Crippen LogP contribution in [0.1, 0.15) is 51.3 Å². The van der Waals surface area contributed by atoms with Gasteiger partial charge in [-0.2, -0.15) is 0 Å². The van der Waals surface area contributed by atoms with Crippen molar-refractivity contribution in [3.8, 4) is 0 Å². The molecular weight excluding hydrogens is 440 g/mol. The lowest BCUT2D eigenvalue weighted by molar-refractivity contribution is -0.0650. The van der Waals surface area contributed by atoms with Crippen molar-refractivity contribution in [1.29, 1.82) is 0 Å². The SMILES string of the molecule is C=C(C)C(=CC=C(C)c1cccc(=O)n1C)C(C)N1CCC(CCCO)(c2ccccc2)OC1=O. The standard InChI is InChI=1S/C29H36N2O4/c1-21(2)25(16-15-22(3)26-13-9-14-27(33)30(26)5)23(4)31-19-18-29(17-10-20-32,35-28(31)34)24-11-7-6-8-12-24/h6-9,11-16,23,32H,1,10,17-20H2,2-5H3. The Morgan fingerprint density at radius 2 is 1.86 bits per heavy atom. The van der Waals surface area contributed by atoms with Gasteiger partial charge in [-0.05, 0) is 56.4 Å². The van der Waals surface area contributed by atoms with E-state index in [1.165, 1.54) is 6.07 Å². The van der Waals surface area contributed by atoms with Crippen molar-refractivity contribution in [2.75, 3.05) is 13.2 Å². The van der Waals surface area contributed by atoms with Crippen LogP contribution in [0.2, 0.25) is 0 Å². The van der Waals surface area contributed by atoms with Gasteiger partial charge in [0.25, 0.3) is 5.56 Å². The van der Waals surface area contributed by atoms with Gasteiger partial charge in [0.15, 0.2) is 0 Å². The number of aliphatic hydroxyl groups is 1. The average molecular weight is 477 g/mol. The third-order valence-electron chi connectivity index (χ3n) is 6.82. The van der Waals surface area contributed by atoms with Gasteiger partial charge in [0, 0.05) is 38.4 Å². The molecule has 0 bridgehead atoms. The minimum absolute atomic E-state index is 0.0491. The Labute approximate surface area is 207 Å². The fourth-order valence-corrected chi connectivity index (χ4v) is 4.72. The average Bonchev–Trinajstić information content (AvgIpc) is 2.84. The molecule has 6 heteroatoms. The maximum Gasteiger partial charge on any atom is 0.411 e. The number of rotatable bonds is 9. The molecule has 3 rings (SSSR count). The van der Waals surface area contributed by atoms with Crippen molar-refractivity contribution in [2.45, 2.75) is 51.7 Å². The number of carbonyl (C=O) groups excluding carboxylic acids is 1. The molecule has 2 unspecified atom stereocenters. The van der Waals surface area contributed by atoms with Gasteiger partial charge in [-0.1, -0.05) is 60.7 Å². The summed E-state index contributed by atoms with van der Waals surface area (Å²) in [6, 6.07) is 14.7. The Morgan fingerprint density at radius 3 is 2.49 bits per heavy atom. The van der Waals surface area contributed by atoms with E-state index >= 15 is 0 Å². The van der Waals surface area contributed by atoms with Crippen LogP contribution >= 0.6 is 0 Å². The van der Waals surface area contributed by atoms with Crippen molar-refractivity contribution in [1.82, 2.24) is 9.47 Å². The largest absolute Gasteiger partial charge is 0.438 e. The molecule has 1 N–H and O–H groups in total. The highest BCUT2D eigenvalue weighted by molar-refractivity contribution is 5.71. The Morgan fingerprint density at radius 1 is 1.14 bits per heavy atom. The number of carbonyl (C=O) groups is 1. The van der Waals surface area contributed by atoms with Gasteiger partial charge >= 0.3 is 6.09 Å². The normalized spacial score (nSPS) is 19.9. The fourth-order valence-electron chi connectivity index (χ4n) is 4.72. The highest BCUT2D eigenvalue weighted by atomic mass is 16.6. The lowest BCUT2D eigenvalue weighted by Gasteiger charge is -2.44. The van der Waals surface area contributed by atoms with Gasteiger partial charge in [0.1, 0.15) is 5.60 Å². The van der Waals surface area contributed by atoms with Crippen molar-refractivity contribution in [2.24, 2.45) is 7.05 Å². The molecule has 1 aromatic carbocycles. The van der Waals surface area contributed by atoms with Crippen LogP contribution < -0.4 is 5.56 Å². The molecule has 0 aliphatic carbocycles. The number of hydrogen-bond acceptors (Lipinski definition) is 4. The Bertz CT molecular complexity index is 1180. The number of aliphatic hydroxyl groups excluding tert-OH is 1. The number of pyridine rings is 1. The Balaban J connectivity index is 1.86. The molecule has 1 aliphatic heterocycles. The summed E-state index contributed by atoms with van der Waals surface area (Å²) < 4.78 is 7.73. The summed E-state index contributed by atoms with van der Waals surface area (Å²) in [5.74, 6) is 0. The van der Waals surface area contributed by atoms with Gasteiger partial charge in [-0.3, -0.25) is 4.79 Å². The molecule has 6 nitrogen and oxygen atoms in total. The molecule has 1 saturated heterocycles. The van der Waals surface area contributed by atoms with Crippen molar-refractivity contribution < 1.29 is 14.6 Å². The minimum atomic E-state index is -0.737. The van der Waals surface area contributed by atoms with Gasteiger partial charge in [0.2, 0.25) is 0 Å².